The summed E-state index contributed by atoms with van der Waals surface area (Å²) in [6, 6.07) is 19.7. The number of nitrogens with one attached hydrogen (secondary N) is 1. The summed E-state index contributed by atoms with van der Waals surface area (Å²) in [5.74, 6) is -0.971. The number of hydrogen-bond donors (Lipinski definition) is 1. The molecule has 0 aromatic heterocycles. The van der Waals surface area contributed by atoms with E-state index in [0.29, 0.717) is 10.7 Å². The number of nitrogens with zero attached hydrogens (tertiary/aromatic N) is 1. The maximum Gasteiger partial charge on any atom is 0.272 e. The number of carbonyl (C=O) groups is 2. The minimum atomic E-state index is -4.23. The Bertz CT molecular complexity index is 1130. The van der Waals surface area contributed by atoms with Crippen LogP contribution >= 0.6 is 11.6 Å². The normalized spacial score (nSPS) is 11.0. The molecule has 148 valence electrons. The zero-order chi connectivity index (χ0) is 21.0. The number of amides is 2. The van der Waals surface area contributed by atoms with Crippen LogP contribution in [0.4, 0.5) is 11.4 Å². The molecule has 0 saturated heterocycles. The van der Waals surface area contributed by atoms with Gasteiger partial charge in [0.05, 0.1) is 10.6 Å². The summed E-state index contributed by atoms with van der Waals surface area (Å²) in [5.41, 5.74) is 0.832. The number of hydrogen-bond acceptors (Lipinski definition) is 4. The molecule has 0 heterocycles. The maximum atomic E-state index is 13.4. The molecular formula is C21H17ClN2O4S. The van der Waals surface area contributed by atoms with Crippen molar-refractivity contribution in [3.63, 3.8) is 0 Å². The first kappa shape index (κ1) is 20.6. The standard InChI is InChI=1S/C21H17ClN2O4S/c1-15(25)23-18-9-13-20(14-10-18)29(27,28)24(19-11-7-17(22)8-12-19)21(26)16-5-3-2-4-6-16/h2-14H,1H3,(H,23,25). The van der Waals surface area contributed by atoms with Crippen molar-refractivity contribution in [2.45, 2.75) is 11.8 Å². The Morgan fingerprint density at radius 2 is 1.45 bits per heavy atom. The maximum absolute atomic E-state index is 13.4. The molecule has 8 heteroatoms. The minimum Gasteiger partial charge on any atom is -0.326 e. The predicted octanol–water partition coefficient (Wildman–Crippen LogP) is 4.33. The fourth-order valence-electron chi connectivity index (χ4n) is 2.66. The molecule has 0 aliphatic carbocycles. The molecule has 29 heavy (non-hydrogen) atoms. The highest BCUT2D eigenvalue weighted by atomic mass is 35.5. The van der Waals surface area contributed by atoms with Gasteiger partial charge in [-0.15, -0.1) is 0 Å². The van der Waals surface area contributed by atoms with Crippen LogP contribution in [0.1, 0.15) is 17.3 Å². The highest BCUT2D eigenvalue weighted by molar-refractivity contribution is 7.93. The SMILES string of the molecule is CC(=O)Nc1ccc(S(=O)(=O)N(C(=O)c2ccccc2)c2ccc(Cl)cc2)cc1. The Labute approximate surface area is 173 Å². The van der Waals surface area contributed by atoms with Crippen molar-refractivity contribution in [2.75, 3.05) is 9.62 Å². The van der Waals surface area contributed by atoms with E-state index < -0.39 is 15.9 Å². The van der Waals surface area contributed by atoms with Gasteiger partial charge in [0, 0.05) is 23.2 Å². The number of benzene rings is 3. The zero-order valence-electron chi connectivity index (χ0n) is 15.4. The molecule has 0 fully saturated rings. The van der Waals surface area contributed by atoms with E-state index >= 15 is 0 Å². The summed E-state index contributed by atoms with van der Waals surface area (Å²) >= 11 is 5.92. The quantitative estimate of drug-likeness (QED) is 0.655. The van der Waals surface area contributed by atoms with Crippen LogP contribution in [0.2, 0.25) is 5.02 Å². The van der Waals surface area contributed by atoms with Crippen LogP contribution in [-0.2, 0) is 14.8 Å². The van der Waals surface area contributed by atoms with E-state index in [4.69, 9.17) is 11.6 Å². The van der Waals surface area contributed by atoms with E-state index in [9.17, 15) is 18.0 Å². The molecule has 0 radical (unpaired) electrons. The molecule has 3 aromatic carbocycles. The summed E-state index contributed by atoms with van der Waals surface area (Å²) in [5, 5.41) is 2.98. The number of rotatable bonds is 5. The van der Waals surface area contributed by atoms with E-state index in [2.05, 4.69) is 5.32 Å². The number of halogens is 1. The minimum absolute atomic E-state index is 0.0918. The molecule has 3 rings (SSSR count). The van der Waals surface area contributed by atoms with E-state index in [1.807, 2.05) is 0 Å². The number of anilines is 2. The van der Waals surface area contributed by atoms with Gasteiger partial charge in [0.1, 0.15) is 0 Å². The first-order chi connectivity index (χ1) is 13.8. The van der Waals surface area contributed by atoms with Crippen molar-refractivity contribution >= 4 is 44.8 Å². The average Bonchev–Trinajstić information content (AvgIpc) is 2.70. The van der Waals surface area contributed by atoms with E-state index in [1.54, 1.807) is 30.3 Å². The van der Waals surface area contributed by atoms with E-state index in [-0.39, 0.29) is 22.1 Å². The van der Waals surface area contributed by atoms with Crippen molar-refractivity contribution in [3.05, 3.63) is 89.4 Å². The lowest BCUT2D eigenvalue weighted by Crippen LogP contribution is -2.37. The zero-order valence-corrected chi connectivity index (χ0v) is 16.9. The van der Waals surface area contributed by atoms with Crippen LogP contribution in [0.3, 0.4) is 0 Å². The van der Waals surface area contributed by atoms with Gasteiger partial charge in [0.15, 0.2) is 0 Å². The van der Waals surface area contributed by atoms with Crippen LogP contribution in [0.15, 0.2) is 83.8 Å². The summed E-state index contributed by atoms with van der Waals surface area (Å²) in [4.78, 5) is 24.2. The molecule has 3 aromatic rings. The lowest BCUT2D eigenvalue weighted by Gasteiger charge is -2.23. The van der Waals surface area contributed by atoms with Gasteiger partial charge in [0.25, 0.3) is 15.9 Å². The molecule has 6 nitrogen and oxygen atoms in total. The van der Waals surface area contributed by atoms with Crippen molar-refractivity contribution in [2.24, 2.45) is 0 Å². The van der Waals surface area contributed by atoms with Crippen LogP contribution in [0.5, 0.6) is 0 Å². The fraction of sp³-hybridized carbons (Fsp3) is 0.0476. The molecule has 0 saturated carbocycles. The van der Waals surface area contributed by atoms with Crippen LogP contribution in [-0.4, -0.2) is 20.2 Å². The first-order valence-corrected chi connectivity index (χ1v) is 10.4. The van der Waals surface area contributed by atoms with Crippen LogP contribution in [0.25, 0.3) is 0 Å². The Balaban J connectivity index is 2.08. The number of carbonyl (C=O) groups excluding carboxylic acids is 2. The molecular weight excluding hydrogens is 412 g/mol. The molecule has 1 N–H and O–H groups in total. The van der Waals surface area contributed by atoms with Crippen molar-refractivity contribution in [1.82, 2.24) is 0 Å². The summed E-state index contributed by atoms with van der Waals surface area (Å²) in [7, 11) is -4.23. The molecule has 0 bridgehead atoms. The highest BCUT2D eigenvalue weighted by Crippen LogP contribution is 2.28. The third kappa shape index (κ3) is 4.64. The monoisotopic (exact) mass is 428 g/mol. The van der Waals surface area contributed by atoms with Gasteiger partial charge in [-0.3, -0.25) is 9.59 Å². The average molecular weight is 429 g/mol. The topological polar surface area (TPSA) is 83.6 Å². The lowest BCUT2D eigenvalue weighted by molar-refractivity contribution is -0.114. The van der Waals surface area contributed by atoms with Crippen LogP contribution in [0, 0.1) is 0 Å². The Morgan fingerprint density at radius 3 is 2.00 bits per heavy atom. The van der Waals surface area contributed by atoms with Gasteiger partial charge in [-0.1, -0.05) is 29.8 Å². The van der Waals surface area contributed by atoms with Gasteiger partial charge in [-0.05, 0) is 60.7 Å². The first-order valence-electron chi connectivity index (χ1n) is 8.57. The third-order valence-electron chi connectivity index (χ3n) is 3.98. The smallest absolute Gasteiger partial charge is 0.272 e. The predicted molar refractivity (Wildman–Crippen MR) is 113 cm³/mol. The lowest BCUT2D eigenvalue weighted by atomic mass is 10.2. The van der Waals surface area contributed by atoms with Gasteiger partial charge >= 0.3 is 0 Å². The van der Waals surface area contributed by atoms with Gasteiger partial charge < -0.3 is 5.32 Å². The second-order valence-electron chi connectivity index (χ2n) is 6.12. The van der Waals surface area contributed by atoms with Gasteiger partial charge in [-0.25, -0.2) is 8.42 Å². The number of sulfonamides is 1. The van der Waals surface area contributed by atoms with Crippen LogP contribution < -0.4 is 9.62 Å². The Morgan fingerprint density at radius 1 is 0.862 bits per heavy atom. The van der Waals surface area contributed by atoms with E-state index in [1.165, 1.54) is 55.5 Å². The highest BCUT2D eigenvalue weighted by Gasteiger charge is 2.31. The van der Waals surface area contributed by atoms with Crippen molar-refractivity contribution < 1.29 is 18.0 Å². The summed E-state index contributed by atoms with van der Waals surface area (Å²) in [6.07, 6.45) is 0. The van der Waals surface area contributed by atoms with Gasteiger partial charge in [-0.2, -0.15) is 4.31 Å². The van der Waals surface area contributed by atoms with Gasteiger partial charge in [0.2, 0.25) is 5.91 Å². The largest absolute Gasteiger partial charge is 0.326 e. The van der Waals surface area contributed by atoms with E-state index in [0.717, 1.165) is 4.31 Å². The molecule has 0 aliphatic heterocycles. The summed E-state index contributed by atoms with van der Waals surface area (Å²) < 4.78 is 27.4. The second kappa shape index (κ2) is 8.46. The molecule has 0 unspecified atom stereocenters. The molecule has 0 atom stereocenters. The van der Waals surface area contributed by atoms with Crippen molar-refractivity contribution in [1.29, 1.82) is 0 Å². The fourth-order valence-corrected chi connectivity index (χ4v) is 4.20. The summed E-state index contributed by atoms with van der Waals surface area (Å²) in [6.45, 7) is 1.35. The third-order valence-corrected chi connectivity index (χ3v) is 5.96. The Kier molecular flexibility index (Phi) is 6.00. The Hall–Kier alpha value is -3.16. The molecule has 0 spiro atoms. The molecule has 0 aliphatic rings. The second-order valence-corrected chi connectivity index (χ2v) is 8.35. The van der Waals surface area contributed by atoms with Crippen molar-refractivity contribution in [3.8, 4) is 0 Å². The molecule has 2 amide bonds.